The molecule has 0 radical (unpaired) electrons. The molecule has 2 unspecified atom stereocenters. The van der Waals surface area contributed by atoms with E-state index in [0.717, 1.165) is 26.7 Å². The first-order valence-corrected chi connectivity index (χ1v) is 15.1. The second-order valence-corrected chi connectivity index (χ2v) is 13.3. The van der Waals surface area contributed by atoms with Crippen LogP contribution in [0.3, 0.4) is 0 Å². The lowest BCUT2D eigenvalue weighted by molar-refractivity contribution is 0.0159. The average molecular weight is 670 g/mol. The number of halogens is 3. The zero-order valence-corrected chi connectivity index (χ0v) is 26.5. The number of benzene rings is 3. The molecule has 0 bridgehead atoms. The fourth-order valence-electron chi connectivity index (χ4n) is 5.44. The maximum atomic E-state index is 12.7. The normalized spacial score (nSPS) is 17.1. The van der Waals surface area contributed by atoms with Crippen LogP contribution < -0.4 is 10.1 Å². The van der Waals surface area contributed by atoms with Gasteiger partial charge >= 0.3 is 0 Å². The molecule has 5 rings (SSSR count). The summed E-state index contributed by atoms with van der Waals surface area (Å²) in [6.45, 7) is 5.69. The number of rotatable bonds is 7. The van der Waals surface area contributed by atoms with Crippen molar-refractivity contribution in [3.05, 3.63) is 98.4 Å². The maximum absolute atomic E-state index is 12.7. The molecule has 0 saturated heterocycles. The quantitative estimate of drug-likeness (QED) is 0.184. The van der Waals surface area contributed by atoms with Crippen molar-refractivity contribution in [2.24, 2.45) is 0 Å². The number of carbonyl (C=O) groups excluding carboxylic acids is 1. The van der Waals surface area contributed by atoms with E-state index in [9.17, 15) is 15.0 Å². The van der Waals surface area contributed by atoms with E-state index in [1.54, 1.807) is 19.1 Å². The molecule has 1 amide bonds. The number of carbonyl (C=O) groups is 1. The van der Waals surface area contributed by atoms with Crippen molar-refractivity contribution in [3.63, 3.8) is 0 Å². The SMILES string of the molecule is CC(O)(CNC(=O)c1ccccc1O)CC1CC(C)(C)Oc2nc(-c3cc(Br)ccc3Cl)c(-c3ccc(Cl)cc3)cc21. The van der Waals surface area contributed by atoms with Gasteiger partial charge in [-0.1, -0.05) is 63.4 Å². The molecule has 218 valence electrons. The van der Waals surface area contributed by atoms with E-state index in [1.807, 2.05) is 56.3 Å². The zero-order chi connectivity index (χ0) is 30.2. The molecule has 1 aromatic heterocycles. The molecule has 0 saturated carbocycles. The Morgan fingerprint density at radius 2 is 1.81 bits per heavy atom. The third-order valence-electron chi connectivity index (χ3n) is 7.37. The average Bonchev–Trinajstić information content (AvgIpc) is 2.92. The Morgan fingerprint density at radius 1 is 1.10 bits per heavy atom. The highest BCUT2D eigenvalue weighted by molar-refractivity contribution is 9.10. The Morgan fingerprint density at radius 3 is 2.52 bits per heavy atom. The number of nitrogens with one attached hydrogen (secondary N) is 1. The third kappa shape index (κ3) is 6.76. The number of hydrogen-bond acceptors (Lipinski definition) is 5. The second kappa shape index (κ2) is 11.9. The van der Waals surface area contributed by atoms with Gasteiger partial charge in [0.2, 0.25) is 5.88 Å². The maximum Gasteiger partial charge on any atom is 0.255 e. The van der Waals surface area contributed by atoms with Gasteiger partial charge in [0.15, 0.2) is 0 Å². The van der Waals surface area contributed by atoms with Crippen LogP contribution in [-0.2, 0) is 0 Å². The van der Waals surface area contributed by atoms with Gasteiger partial charge in [-0.15, -0.1) is 0 Å². The summed E-state index contributed by atoms with van der Waals surface area (Å²) in [7, 11) is 0. The number of amides is 1. The van der Waals surface area contributed by atoms with Crippen LogP contribution in [-0.4, -0.2) is 38.9 Å². The molecule has 2 atom stereocenters. The first kappa shape index (κ1) is 30.4. The molecule has 0 fully saturated rings. The number of hydrogen-bond donors (Lipinski definition) is 3. The van der Waals surface area contributed by atoms with Crippen LogP contribution in [0.25, 0.3) is 22.4 Å². The number of aromatic hydroxyl groups is 1. The highest BCUT2D eigenvalue weighted by atomic mass is 79.9. The van der Waals surface area contributed by atoms with Crippen LogP contribution in [0.2, 0.25) is 10.0 Å². The monoisotopic (exact) mass is 668 g/mol. The van der Waals surface area contributed by atoms with Gasteiger partial charge in [0.25, 0.3) is 5.91 Å². The minimum atomic E-state index is -1.26. The van der Waals surface area contributed by atoms with E-state index in [1.165, 1.54) is 12.1 Å². The molecular weight excluding hydrogens is 639 g/mol. The summed E-state index contributed by atoms with van der Waals surface area (Å²) in [6.07, 6.45) is 0.967. The third-order valence-corrected chi connectivity index (χ3v) is 8.44. The predicted molar refractivity (Wildman–Crippen MR) is 171 cm³/mol. The summed E-state index contributed by atoms with van der Waals surface area (Å²) < 4.78 is 7.27. The van der Waals surface area contributed by atoms with Gasteiger partial charge in [-0.05, 0) is 93.6 Å². The molecule has 2 heterocycles. The van der Waals surface area contributed by atoms with Gasteiger partial charge in [-0.2, -0.15) is 0 Å². The zero-order valence-electron chi connectivity index (χ0n) is 23.4. The highest BCUT2D eigenvalue weighted by Gasteiger charge is 2.39. The molecule has 1 aliphatic heterocycles. The second-order valence-electron chi connectivity index (χ2n) is 11.6. The molecular formula is C33H31BrCl2N2O4. The summed E-state index contributed by atoms with van der Waals surface area (Å²) in [5.74, 6) is -0.222. The standard InChI is InChI=1S/C33H31BrCl2N2O4/c1-32(2)16-20(17-33(3,41)18-37-30(40)23-6-4-5-7-28(23)39)25-15-24(19-8-11-22(35)12-9-19)29(38-31(25)42-32)26-14-21(34)10-13-27(26)36/h4-15,20,39,41H,16-18H2,1-3H3,(H,37,40). The number of ether oxygens (including phenoxy) is 1. The smallest absolute Gasteiger partial charge is 0.255 e. The number of phenols is 1. The Hall–Kier alpha value is -3.10. The molecule has 0 spiro atoms. The van der Waals surface area contributed by atoms with E-state index < -0.39 is 17.1 Å². The minimum Gasteiger partial charge on any atom is -0.507 e. The van der Waals surface area contributed by atoms with Crippen molar-refractivity contribution >= 4 is 45.0 Å². The van der Waals surface area contributed by atoms with Crippen molar-refractivity contribution in [2.75, 3.05) is 6.54 Å². The van der Waals surface area contributed by atoms with Gasteiger partial charge < -0.3 is 20.3 Å². The number of para-hydroxylation sites is 1. The van der Waals surface area contributed by atoms with Crippen LogP contribution in [0.15, 0.2) is 77.3 Å². The Labute approximate surface area is 263 Å². The Balaban J connectivity index is 1.53. The van der Waals surface area contributed by atoms with Gasteiger partial charge in [-0.3, -0.25) is 4.79 Å². The van der Waals surface area contributed by atoms with Crippen LogP contribution in [0.5, 0.6) is 11.6 Å². The summed E-state index contributed by atoms with van der Waals surface area (Å²) in [5, 5.41) is 25.5. The van der Waals surface area contributed by atoms with Crippen molar-refractivity contribution < 1.29 is 19.7 Å². The number of nitrogens with zero attached hydrogens (tertiary/aromatic N) is 1. The molecule has 0 aliphatic carbocycles. The van der Waals surface area contributed by atoms with E-state index in [2.05, 4.69) is 27.3 Å². The lowest BCUT2D eigenvalue weighted by atomic mass is 9.78. The van der Waals surface area contributed by atoms with Gasteiger partial charge in [0.1, 0.15) is 11.4 Å². The lowest BCUT2D eigenvalue weighted by Crippen LogP contribution is -2.44. The van der Waals surface area contributed by atoms with Crippen molar-refractivity contribution in [3.8, 4) is 34.0 Å². The number of fused-ring (bicyclic) bond motifs is 1. The summed E-state index contributed by atoms with van der Waals surface area (Å²) in [6, 6.07) is 21.5. The summed E-state index contributed by atoms with van der Waals surface area (Å²) >= 11 is 16.4. The summed E-state index contributed by atoms with van der Waals surface area (Å²) in [4.78, 5) is 17.8. The first-order valence-electron chi connectivity index (χ1n) is 13.6. The van der Waals surface area contributed by atoms with E-state index in [-0.39, 0.29) is 23.8 Å². The van der Waals surface area contributed by atoms with Crippen molar-refractivity contribution in [1.29, 1.82) is 0 Å². The number of phenolic OH excluding ortho intramolecular Hbond substituents is 1. The fourth-order valence-corrected chi connectivity index (χ4v) is 6.14. The Bertz CT molecular complexity index is 1640. The van der Waals surface area contributed by atoms with E-state index >= 15 is 0 Å². The predicted octanol–water partition coefficient (Wildman–Crippen LogP) is 8.41. The summed E-state index contributed by atoms with van der Waals surface area (Å²) in [5.41, 5.74) is 2.38. The molecule has 6 nitrogen and oxygen atoms in total. The van der Waals surface area contributed by atoms with Crippen LogP contribution in [0.1, 0.15) is 55.5 Å². The molecule has 1 aliphatic rings. The van der Waals surface area contributed by atoms with Crippen molar-refractivity contribution in [1.82, 2.24) is 10.3 Å². The van der Waals surface area contributed by atoms with E-state index in [0.29, 0.717) is 34.5 Å². The molecule has 3 N–H and O–H groups in total. The fraction of sp³-hybridized carbons (Fsp3) is 0.273. The van der Waals surface area contributed by atoms with Gasteiger partial charge in [0.05, 0.1) is 21.9 Å². The van der Waals surface area contributed by atoms with Crippen molar-refractivity contribution in [2.45, 2.75) is 50.7 Å². The number of aromatic nitrogens is 1. The topological polar surface area (TPSA) is 91.7 Å². The number of aliphatic hydroxyl groups is 1. The lowest BCUT2D eigenvalue weighted by Gasteiger charge is -2.40. The molecule has 4 aromatic rings. The number of pyridine rings is 1. The first-order chi connectivity index (χ1) is 19.8. The van der Waals surface area contributed by atoms with Crippen LogP contribution in [0, 0.1) is 0 Å². The molecule has 42 heavy (non-hydrogen) atoms. The van der Waals surface area contributed by atoms with Gasteiger partial charge in [-0.25, -0.2) is 4.98 Å². The molecule has 3 aromatic carbocycles. The van der Waals surface area contributed by atoms with Crippen LogP contribution in [0.4, 0.5) is 0 Å². The minimum absolute atomic E-state index is 0.00348. The van der Waals surface area contributed by atoms with Crippen LogP contribution >= 0.6 is 39.1 Å². The highest BCUT2D eigenvalue weighted by Crippen LogP contribution is 2.47. The molecule has 9 heteroatoms. The van der Waals surface area contributed by atoms with E-state index in [4.69, 9.17) is 32.9 Å². The van der Waals surface area contributed by atoms with Gasteiger partial charge in [0, 0.05) is 32.7 Å². The largest absolute Gasteiger partial charge is 0.507 e. The Kier molecular flexibility index (Phi) is 8.59.